The molecule has 6 nitrogen and oxygen atoms in total. The minimum Gasteiger partial charge on any atom is -0.377 e. The second-order valence-corrected chi connectivity index (χ2v) is 10.1. The van der Waals surface area contributed by atoms with Crippen LogP contribution in [0.4, 0.5) is 5.69 Å². The predicted octanol–water partition coefficient (Wildman–Crippen LogP) is 3.11. The van der Waals surface area contributed by atoms with Crippen molar-refractivity contribution in [2.24, 2.45) is 0 Å². The first kappa shape index (κ1) is 18.9. The zero-order chi connectivity index (χ0) is 18.9. The van der Waals surface area contributed by atoms with Gasteiger partial charge in [-0.15, -0.1) is 11.3 Å². The van der Waals surface area contributed by atoms with Gasteiger partial charge in [0.05, 0.1) is 18.8 Å². The highest BCUT2D eigenvalue weighted by Crippen LogP contribution is 2.25. The fourth-order valence-electron chi connectivity index (χ4n) is 2.83. The average molecular weight is 395 g/mol. The van der Waals surface area contributed by atoms with Gasteiger partial charge in [0, 0.05) is 22.7 Å². The van der Waals surface area contributed by atoms with E-state index in [0.717, 1.165) is 4.88 Å². The van der Waals surface area contributed by atoms with Gasteiger partial charge in [0.25, 0.3) is 15.9 Å². The van der Waals surface area contributed by atoms with Gasteiger partial charge in [-0.1, -0.05) is 0 Å². The number of benzene rings is 1. The number of ether oxygens (including phenoxy) is 1. The minimum atomic E-state index is -3.61. The summed E-state index contributed by atoms with van der Waals surface area (Å²) in [5.74, 6) is -0.0819. The van der Waals surface area contributed by atoms with Gasteiger partial charge in [0.1, 0.15) is 4.21 Å². The SMILES string of the molecule is Cc1ccc(S(=O)(=O)Nc2ccc(C(=O)N3CCOCC3(C)C)cc2)s1. The van der Waals surface area contributed by atoms with Crippen LogP contribution in [0.25, 0.3) is 0 Å². The molecular weight excluding hydrogens is 372 g/mol. The molecule has 1 aromatic carbocycles. The van der Waals surface area contributed by atoms with E-state index < -0.39 is 10.0 Å². The van der Waals surface area contributed by atoms with Gasteiger partial charge < -0.3 is 9.64 Å². The molecular formula is C18H22N2O4S2. The van der Waals surface area contributed by atoms with E-state index in [0.29, 0.717) is 31.0 Å². The van der Waals surface area contributed by atoms with Crippen LogP contribution < -0.4 is 4.72 Å². The third-order valence-corrected chi connectivity index (χ3v) is 7.13. The van der Waals surface area contributed by atoms with Gasteiger partial charge in [-0.2, -0.15) is 0 Å². The second-order valence-electron chi connectivity index (χ2n) is 6.87. The van der Waals surface area contributed by atoms with Crippen LogP contribution in [0.3, 0.4) is 0 Å². The maximum atomic E-state index is 12.8. The molecule has 1 aliphatic rings. The topological polar surface area (TPSA) is 75.7 Å². The van der Waals surface area contributed by atoms with Crippen LogP contribution in [0.1, 0.15) is 29.1 Å². The van der Waals surface area contributed by atoms with E-state index >= 15 is 0 Å². The van der Waals surface area contributed by atoms with Crippen molar-refractivity contribution in [2.75, 3.05) is 24.5 Å². The zero-order valence-corrected chi connectivity index (χ0v) is 16.6. The molecule has 2 aromatic rings. The number of nitrogens with one attached hydrogen (secondary N) is 1. The molecule has 1 N–H and O–H groups in total. The van der Waals surface area contributed by atoms with E-state index in [-0.39, 0.29) is 15.7 Å². The molecule has 0 aliphatic carbocycles. The first-order valence-electron chi connectivity index (χ1n) is 8.28. The summed E-state index contributed by atoms with van der Waals surface area (Å²) in [6.45, 7) is 7.35. The monoisotopic (exact) mass is 394 g/mol. The van der Waals surface area contributed by atoms with Gasteiger partial charge in [0.2, 0.25) is 0 Å². The summed E-state index contributed by atoms with van der Waals surface area (Å²) in [6.07, 6.45) is 0. The zero-order valence-electron chi connectivity index (χ0n) is 15.0. The molecule has 1 fully saturated rings. The Morgan fingerprint density at radius 3 is 2.46 bits per heavy atom. The number of anilines is 1. The molecule has 1 amide bonds. The summed E-state index contributed by atoms with van der Waals surface area (Å²) >= 11 is 1.22. The molecule has 0 radical (unpaired) electrons. The lowest BCUT2D eigenvalue weighted by Gasteiger charge is -2.42. The van der Waals surface area contributed by atoms with Crippen LogP contribution >= 0.6 is 11.3 Å². The summed E-state index contributed by atoms with van der Waals surface area (Å²) in [5.41, 5.74) is 0.579. The third-order valence-electron chi connectivity index (χ3n) is 4.25. The lowest BCUT2D eigenvalue weighted by atomic mass is 10.0. The number of nitrogens with zero attached hydrogens (tertiary/aromatic N) is 1. The molecule has 0 bridgehead atoms. The Morgan fingerprint density at radius 2 is 1.88 bits per heavy atom. The Bertz CT molecular complexity index is 902. The molecule has 1 aromatic heterocycles. The molecule has 0 atom stereocenters. The lowest BCUT2D eigenvalue weighted by molar-refractivity contribution is -0.0370. The number of carbonyl (C=O) groups is 1. The van der Waals surface area contributed by atoms with Gasteiger partial charge in [-0.3, -0.25) is 9.52 Å². The summed E-state index contributed by atoms with van der Waals surface area (Å²) in [6, 6.07) is 9.86. The number of sulfonamides is 1. The minimum absolute atomic E-state index is 0.0819. The summed E-state index contributed by atoms with van der Waals surface area (Å²) in [7, 11) is -3.61. The number of amides is 1. The molecule has 3 rings (SSSR count). The predicted molar refractivity (Wildman–Crippen MR) is 102 cm³/mol. The number of morpholine rings is 1. The van der Waals surface area contributed by atoms with Crippen molar-refractivity contribution in [2.45, 2.75) is 30.5 Å². The molecule has 1 aliphatic heterocycles. The number of aryl methyl sites for hydroxylation is 1. The highest BCUT2D eigenvalue weighted by atomic mass is 32.2. The molecule has 26 heavy (non-hydrogen) atoms. The fourth-order valence-corrected chi connectivity index (χ4v) is 5.18. The number of carbonyl (C=O) groups excluding carboxylic acids is 1. The number of thiophene rings is 1. The van der Waals surface area contributed by atoms with Crippen molar-refractivity contribution in [1.29, 1.82) is 0 Å². The molecule has 8 heteroatoms. The second kappa shape index (κ2) is 7.02. The highest BCUT2D eigenvalue weighted by Gasteiger charge is 2.34. The Labute approximate surface area is 157 Å². The average Bonchev–Trinajstić information content (AvgIpc) is 3.02. The van der Waals surface area contributed by atoms with Crippen molar-refractivity contribution < 1.29 is 17.9 Å². The summed E-state index contributed by atoms with van der Waals surface area (Å²) in [5, 5.41) is 0. The molecule has 2 heterocycles. The van der Waals surface area contributed by atoms with Crippen LogP contribution in [0, 0.1) is 6.92 Å². The molecule has 140 valence electrons. The number of rotatable bonds is 4. The van der Waals surface area contributed by atoms with E-state index in [1.165, 1.54) is 11.3 Å². The lowest BCUT2D eigenvalue weighted by Crippen LogP contribution is -2.55. The first-order chi connectivity index (χ1) is 12.2. The van der Waals surface area contributed by atoms with Crippen LogP contribution in [-0.2, 0) is 14.8 Å². The first-order valence-corrected chi connectivity index (χ1v) is 10.6. The fraction of sp³-hybridized carbons (Fsp3) is 0.389. The number of hydrogen-bond donors (Lipinski definition) is 1. The molecule has 0 unspecified atom stereocenters. The van der Waals surface area contributed by atoms with E-state index in [1.807, 2.05) is 20.8 Å². The smallest absolute Gasteiger partial charge is 0.271 e. The summed E-state index contributed by atoms with van der Waals surface area (Å²) < 4.78 is 33.0. The maximum absolute atomic E-state index is 12.8. The largest absolute Gasteiger partial charge is 0.377 e. The van der Waals surface area contributed by atoms with Gasteiger partial charge in [0.15, 0.2) is 0 Å². The maximum Gasteiger partial charge on any atom is 0.271 e. The third kappa shape index (κ3) is 3.92. The van der Waals surface area contributed by atoms with Crippen LogP contribution in [0.15, 0.2) is 40.6 Å². The van der Waals surface area contributed by atoms with Gasteiger partial charge in [-0.05, 0) is 57.2 Å². The Hall–Kier alpha value is -1.90. The van der Waals surface area contributed by atoms with Crippen LogP contribution in [0.2, 0.25) is 0 Å². The molecule has 0 saturated carbocycles. The van der Waals surface area contributed by atoms with Gasteiger partial charge in [-0.25, -0.2) is 8.42 Å². The highest BCUT2D eigenvalue weighted by molar-refractivity contribution is 7.94. The van der Waals surface area contributed by atoms with Gasteiger partial charge >= 0.3 is 0 Å². The van der Waals surface area contributed by atoms with Crippen molar-refractivity contribution in [3.8, 4) is 0 Å². The molecule has 1 saturated heterocycles. The van der Waals surface area contributed by atoms with Crippen molar-refractivity contribution in [3.63, 3.8) is 0 Å². The number of hydrogen-bond acceptors (Lipinski definition) is 5. The standard InChI is InChI=1S/C18H22N2O4S2/c1-13-4-9-16(25-13)26(22,23)19-15-7-5-14(6-8-15)17(21)20-10-11-24-12-18(20,2)3/h4-9,19H,10-12H2,1-3H3. The van der Waals surface area contributed by atoms with Crippen molar-refractivity contribution in [3.05, 3.63) is 46.8 Å². The summed E-state index contributed by atoms with van der Waals surface area (Å²) in [4.78, 5) is 15.5. The quantitative estimate of drug-likeness (QED) is 0.865. The van der Waals surface area contributed by atoms with Crippen molar-refractivity contribution in [1.82, 2.24) is 4.90 Å². The van der Waals surface area contributed by atoms with Crippen molar-refractivity contribution >= 4 is 33.0 Å². The Morgan fingerprint density at radius 1 is 1.19 bits per heavy atom. The van der Waals surface area contributed by atoms with E-state index in [9.17, 15) is 13.2 Å². The Kier molecular flexibility index (Phi) is 5.09. The van der Waals surface area contributed by atoms with Crippen LogP contribution in [0.5, 0.6) is 0 Å². The van der Waals surface area contributed by atoms with E-state index in [4.69, 9.17) is 4.74 Å². The van der Waals surface area contributed by atoms with E-state index in [2.05, 4.69) is 4.72 Å². The molecule has 0 spiro atoms. The normalized spacial score (nSPS) is 17.1. The Balaban J connectivity index is 1.75. The van der Waals surface area contributed by atoms with Crippen LogP contribution in [-0.4, -0.2) is 44.5 Å². The van der Waals surface area contributed by atoms with E-state index in [1.54, 1.807) is 41.3 Å².